The van der Waals surface area contributed by atoms with Crippen LogP contribution in [0.3, 0.4) is 0 Å². The molecule has 0 unspecified atom stereocenters. The molecule has 3 nitrogen and oxygen atoms in total. The number of carbonyl (C=O) groups excluding carboxylic acids is 1. The molecule has 0 aromatic heterocycles. The number of hydrogen-bond acceptors (Lipinski definition) is 2. The molecule has 1 N–H and O–H groups in total. The predicted octanol–water partition coefficient (Wildman–Crippen LogP) is 2.69. The maximum atomic E-state index is 12.4. The van der Waals surface area contributed by atoms with Crippen molar-refractivity contribution in [1.29, 1.82) is 0 Å². The third kappa shape index (κ3) is 3.73. The highest BCUT2D eigenvalue weighted by Gasteiger charge is 2.22. The summed E-state index contributed by atoms with van der Waals surface area (Å²) in [7, 11) is 0. The molecule has 0 atom stereocenters. The van der Waals surface area contributed by atoms with E-state index in [2.05, 4.69) is 35.7 Å². The molecule has 1 fully saturated rings. The van der Waals surface area contributed by atoms with Gasteiger partial charge in [-0.1, -0.05) is 36.4 Å². The van der Waals surface area contributed by atoms with Crippen LogP contribution in [0.2, 0.25) is 0 Å². The van der Waals surface area contributed by atoms with Gasteiger partial charge in [-0.2, -0.15) is 0 Å². The molecule has 1 aromatic carbocycles. The molecule has 0 spiro atoms. The van der Waals surface area contributed by atoms with Gasteiger partial charge >= 0.3 is 0 Å². The number of nitrogens with one attached hydrogen (secondary N) is 1. The highest BCUT2D eigenvalue weighted by Crippen LogP contribution is 2.24. The minimum absolute atomic E-state index is 0.338. The number of rotatable bonds is 3. The van der Waals surface area contributed by atoms with Gasteiger partial charge in [-0.05, 0) is 49.4 Å². The quantitative estimate of drug-likeness (QED) is 0.925. The smallest absolute Gasteiger partial charge is 0.223 e. The number of carbonyl (C=O) groups is 1. The summed E-state index contributed by atoms with van der Waals surface area (Å²) in [6.07, 6.45) is 6.21. The molecule has 1 saturated heterocycles. The lowest BCUT2D eigenvalue weighted by atomic mass is 9.93. The van der Waals surface area contributed by atoms with Crippen LogP contribution < -0.4 is 5.32 Å². The zero-order valence-electron chi connectivity index (χ0n) is 12.6. The minimum Gasteiger partial charge on any atom is -0.339 e. The maximum Gasteiger partial charge on any atom is 0.223 e. The lowest BCUT2D eigenvalue weighted by Crippen LogP contribution is -2.37. The van der Waals surface area contributed by atoms with E-state index in [4.69, 9.17) is 0 Å². The Morgan fingerprint density at radius 1 is 1.19 bits per heavy atom. The Kier molecular flexibility index (Phi) is 4.71. The van der Waals surface area contributed by atoms with E-state index in [0.29, 0.717) is 11.8 Å². The van der Waals surface area contributed by atoms with E-state index in [1.165, 1.54) is 11.1 Å². The van der Waals surface area contributed by atoms with E-state index < -0.39 is 0 Å². The number of hydrogen-bond donors (Lipinski definition) is 1. The summed E-state index contributed by atoms with van der Waals surface area (Å²) in [6.45, 7) is 3.77. The summed E-state index contributed by atoms with van der Waals surface area (Å²) in [5.74, 6) is 0.920. The van der Waals surface area contributed by atoms with Crippen LogP contribution in [-0.2, 0) is 4.79 Å². The van der Waals surface area contributed by atoms with E-state index in [-0.39, 0.29) is 0 Å². The zero-order chi connectivity index (χ0) is 14.5. The first-order valence-electron chi connectivity index (χ1n) is 8.06. The zero-order valence-corrected chi connectivity index (χ0v) is 12.6. The van der Waals surface area contributed by atoms with E-state index >= 15 is 0 Å². The average molecular weight is 284 g/mol. The van der Waals surface area contributed by atoms with Crippen molar-refractivity contribution in [1.82, 2.24) is 10.2 Å². The van der Waals surface area contributed by atoms with E-state index in [1.54, 1.807) is 0 Å². The van der Waals surface area contributed by atoms with Gasteiger partial charge in [0.2, 0.25) is 5.91 Å². The molecule has 0 saturated carbocycles. The van der Waals surface area contributed by atoms with E-state index in [1.807, 2.05) is 11.0 Å². The predicted molar refractivity (Wildman–Crippen MR) is 85.8 cm³/mol. The van der Waals surface area contributed by atoms with Crippen molar-refractivity contribution in [2.24, 2.45) is 5.92 Å². The second-order valence-corrected chi connectivity index (χ2v) is 6.08. The highest BCUT2D eigenvalue weighted by molar-refractivity contribution is 5.78. The largest absolute Gasteiger partial charge is 0.339 e. The summed E-state index contributed by atoms with van der Waals surface area (Å²) in [5, 5.41) is 3.36. The lowest BCUT2D eigenvalue weighted by molar-refractivity contribution is -0.132. The molecule has 3 rings (SSSR count). The van der Waals surface area contributed by atoms with Crippen LogP contribution in [0.15, 0.2) is 36.4 Å². The summed E-state index contributed by atoms with van der Waals surface area (Å²) in [6, 6.07) is 10.5. The Morgan fingerprint density at radius 2 is 1.95 bits per heavy atom. The number of benzene rings is 1. The average Bonchev–Trinajstić information content (AvgIpc) is 2.57. The van der Waals surface area contributed by atoms with Crippen LogP contribution in [0.5, 0.6) is 0 Å². The fourth-order valence-electron chi connectivity index (χ4n) is 3.27. The van der Waals surface area contributed by atoms with Crippen molar-refractivity contribution in [3.63, 3.8) is 0 Å². The fourth-order valence-corrected chi connectivity index (χ4v) is 3.27. The molecular formula is C18H24N2O. The van der Waals surface area contributed by atoms with Gasteiger partial charge in [0.15, 0.2) is 0 Å². The van der Waals surface area contributed by atoms with Crippen LogP contribution in [0.1, 0.15) is 31.2 Å². The minimum atomic E-state index is 0.338. The van der Waals surface area contributed by atoms with Gasteiger partial charge in [-0.3, -0.25) is 4.79 Å². The SMILES string of the molecule is O=C(CC1CCNCC1)N1CC=C(c2ccccc2)CC1. The maximum absolute atomic E-state index is 12.4. The normalized spacial score (nSPS) is 20.2. The van der Waals surface area contributed by atoms with Gasteiger partial charge in [-0.25, -0.2) is 0 Å². The third-order valence-electron chi connectivity index (χ3n) is 4.63. The molecule has 1 amide bonds. The molecule has 0 radical (unpaired) electrons. The van der Waals surface area contributed by atoms with Crippen LogP contribution in [-0.4, -0.2) is 37.0 Å². The van der Waals surface area contributed by atoms with E-state index in [9.17, 15) is 4.79 Å². The number of piperidine rings is 1. The molecule has 0 bridgehead atoms. The summed E-state index contributed by atoms with van der Waals surface area (Å²) in [4.78, 5) is 14.4. The van der Waals surface area contributed by atoms with Crippen LogP contribution in [0.4, 0.5) is 0 Å². The Hall–Kier alpha value is -1.61. The molecule has 2 heterocycles. The van der Waals surface area contributed by atoms with Crippen molar-refractivity contribution in [2.75, 3.05) is 26.2 Å². The number of nitrogens with zero attached hydrogens (tertiary/aromatic N) is 1. The summed E-state index contributed by atoms with van der Waals surface area (Å²) in [5.41, 5.74) is 2.67. The fraction of sp³-hybridized carbons (Fsp3) is 0.500. The summed E-state index contributed by atoms with van der Waals surface area (Å²) < 4.78 is 0. The van der Waals surface area contributed by atoms with Crippen molar-refractivity contribution < 1.29 is 4.79 Å². The van der Waals surface area contributed by atoms with Gasteiger partial charge in [0.1, 0.15) is 0 Å². The Morgan fingerprint density at radius 3 is 2.62 bits per heavy atom. The van der Waals surface area contributed by atoms with Gasteiger partial charge in [0, 0.05) is 19.5 Å². The first kappa shape index (κ1) is 14.3. The van der Waals surface area contributed by atoms with Crippen LogP contribution >= 0.6 is 0 Å². The molecule has 2 aliphatic rings. The van der Waals surface area contributed by atoms with Crippen LogP contribution in [0, 0.1) is 5.92 Å². The highest BCUT2D eigenvalue weighted by atomic mass is 16.2. The molecule has 0 aliphatic carbocycles. The van der Waals surface area contributed by atoms with Crippen molar-refractivity contribution in [3.05, 3.63) is 42.0 Å². The molecule has 3 heteroatoms. The first-order valence-corrected chi connectivity index (χ1v) is 8.06. The molecule has 1 aromatic rings. The van der Waals surface area contributed by atoms with Crippen molar-refractivity contribution in [2.45, 2.75) is 25.7 Å². The van der Waals surface area contributed by atoms with E-state index in [0.717, 1.165) is 51.9 Å². The van der Waals surface area contributed by atoms with Crippen molar-refractivity contribution >= 4 is 11.5 Å². The topological polar surface area (TPSA) is 32.3 Å². The Balaban J connectivity index is 1.55. The molecular weight excluding hydrogens is 260 g/mol. The lowest BCUT2D eigenvalue weighted by Gasteiger charge is -2.29. The molecule has 21 heavy (non-hydrogen) atoms. The summed E-state index contributed by atoms with van der Waals surface area (Å²) >= 11 is 0. The van der Waals surface area contributed by atoms with Gasteiger partial charge < -0.3 is 10.2 Å². The standard InChI is InChI=1S/C18H24N2O/c21-18(14-15-6-10-19-11-7-15)20-12-8-17(9-13-20)16-4-2-1-3-5-16/h1-5,8,15,19H,6-7,9-14H2. The van der Waals surface area contributed by atoms with Gasteiger partial charge in [0.25, 0.3) is 0 Å². The third-order valence-corrected chi connectivity index (χ3v) is 4.63. The first-order chi connectivity index (χ1) is 10.3. The Bertz CT molecular complexity index is 503. The second-order valence-electron chi connectivity index (χ2n) is 6.08. The monoisotopic (exact) mass is 284 g/mol. The van der Waals surface area contributed by atoms with Gasteiger partial charge in [-0.15, -0.1) is 0 Å². The van der Waals surface area contributed by atoms with Crippen molar-refractivity contribution in [3.8, 4) is 0 Å². The second kappa shape index (κ2) is 6.90. The molecule has 2 aliphatic heterocycles. The Labute approximate surface area is 127 Å². The molecule has 112 valence electrons. The number of amides is 1. The van der Waals surface area contributed by atoms with Crippen LogP contribution in [0.25, 0.3) is 5.57 Å². The van der Waals surface area contributed by atoms with Gasteiger partial charge in [0.05, 0.1) is 0 Å².